The summed E-state index contributed by atoms with van der Waals surface area (Å²) in [6.07, 6.45) is 9.52. The molecule has 0 aliphatic carbocycles. The summed E-state index contributed by atoms with van der Waals surface area (Å²) in [4.78, 5) is 23.7. The van der Waals surface area contributed by atoms with Gasteiger partial charge in [0.15, 0.2) is 5.78 Å². The number of ketones is 1. The number of ether oxygens (including phenoxy) is 3. The van der Waals surface area contributed by atoms with Crippen molar-refractivity contribution in [3.63, 3.8) is 0 Å². The Hall–Kier alpha value is -0.940. The van der Waals surface area contributed by atoms with Crippen LogP contribution in [0.3, 0.4) is 0 Å². The van der Waals surface area contributed by atoms with E-state index in [0.29, 0.717) is 12.8 Å². The molecule has 5 nitrogen and oxygen atoms in total. The van der Waals surface area contributed by atoms with Gasteiger partial charge in [0.25, 0.3) is 0 Å². The normalized spacial score (nSPS) is 23.4. The first-order valence-electron chi connectivity index (χ1n) is 9.52. The maximum Gasteiger partial charge on any atom is 0.305 e. The smallest absolute Gasteiger partial charge is 0.305 e. The molecule has 0 saturated carbocycles. The Morgan fingerprint density at radius 2 is 1.67 bits per heavy atom. The Balaban J connectivity index is 2.10. The van der Waals surface area contributed by atoms with Gasteiger partial charge in [0.2, 0.25) is 5.79 Å². The summed E-state index contributed by atoms with van der Waals surface area (Å²) in [6, 6.07) is 0. The first-order chi connectivity index (χ1) is 11.5. The van der Waals surface area contributed by atoms with Crippen molar-refractivity contribution >= 4 is 11.8 Å². The lowest BCUT2D eigenvalue weighted by atomic mass is 10.1. The summed E-state index contributed by atoms with van der Waals surface area (Å²) < 4.78 is 16.4. The van der Waals surface area contributed by atoms with Gasteiger partial charge in [0, 0.05) is 12.8 Å². The molecule has 0 amide bonds. The van der Waals surface area contributed by atoms with Gasteiger partial charge in [-0.1, -0.05) is 52.4 Å². The lowest BCUT2D eigenvalue weighted by Gasteiger charge is -2.21. The predicted molar refractivity (Wildman–Crippen MR) is 92.7 cm³/mol. The first-order valence-corrected chi connectivity index (χ1v) is 9.52. The lowest BCUT2D eigenvalue weighted by Crippen LogP contribution is -2.37. The summed E-state index contributed by atoms with van der Waals surface area (Å²) in [6.45, 7) is 6.24. The zero-order valence-corrected chi connectivity index (χ0v) is 15.6. The summed E-state index contributed by atoms with van der Waals surface area (Å²) in [5.41, 5.74) is 0. The minimum Gasteiger partial charge on any atom is -0.463 e. The number of esters is 1. The monoisotopic (exact) mass is 342 g/mol. The molecule has 2 unspecified atom stereocenters. The van der Waals surface area contributed by atoms with Crippen LogP contribution in [0.2, 0.25) is 0 Å². The van der Waals surface area contributed by atoms with Gasteiger partial charge in [-0.15, -0.1) is 0 Å². The highest BCUT2D eigenvalue weighted by Crippen LogP contribution is 2.26. The van der Waals surface area contributed by atoms with Gasteiger partial charge in [-0.05, 0) is 19.8 Å². The highest BCUT2D eigenvalue weighted by Gasteiger charge is 2.43. The molecule has 140 valence electrons. The van der Waals surface area contributed by atoms with Crippen LogP contribution in [0.4, 0.5) is 0 Å². The van der Waals surface area contributed by atoms with Crippen molar-refractivity contribution in [1.82, 2.24) is 0 Å². The lowest BCUT2D eigenvalue weighted by molar-refractivity contribution is -0.181. The minimum absolute atomic E-state index is 0.0538. The second-order valence-corrected chi connectivity index (χ2v) is 6.72. The molecule has 0 N–H and O–H groups in total. The van der Waals surface area contributed by atoms with E-state index in [2.05, 4.69) is 6.92 Å². The number of carbonyl (C=O) groups is 2. The van der Waals surface area contributed by atoms with E-state index in [0.717, 1.165) is 19.3 Å². The Kier molecular flexibility index (Phi) is 10.2. The molecule has 1 aliphatic heterocycles. The third-order valence-electron chi connectivity index (χ3n) is 4.33. The number of Topliss-reactive ketones (excluding diaryl/α,β-unsaturated/α-hetero) is 1. The van der Waals surface area contributed by atoms with Crippen LogP contribution < -0.4 is 0 Å². The van der Waals surface area contributed by atoms with Crippen LogP contribution in [0.25, 0.3) is 0 Å². The van der Waals surface area contributed by atoms with Crippen LogP contribution in [0, 0.1) is 0 Å². The molecule has 2 atom stereocenters. The van der Waals surface area contributed by atoms with Crippen molar-refractivity contribution in [2.24, 2.45) is 0 Å². The Bertz CT molecular complexity index is 382. The van der Waals surface area contributed by atoms with E-state index in [1.54, 1.807) is 6.92 Å². The number of hydrogen-bond donors (Lipinski definition) is 0. The Labute approximate surface area is 146 Å². The molecule has 0 aromatic heterocycles. The number of carbonyl (C=O) groups excluding carboxylic acids is 2. The van der Waals surface area contributed by atoms with Crippen LogP contribution in [0.5, 0.6) is 0 Å². The molecule has 1 fully saturated rings. The van der Waals surface area contributed by atoms with Crippen molar-refractivity contribution in [3.8, 4) is 0 Å². The molecule has 1 heterocycles. The summed E-state index contributed by atoms with van der Waals surface area (Å²) in [5.74, 6) is -1.42. The van der Waals surface area contributed by atoms with Gasteiger partial charge in [-0.3, -0.25) is 9.59 Å². The summed E-state index contributed by atoms with van der Waals surface area (Å²) in [5, 5.41) is 0. The van der Waals surface area contributed by atoms with E-state index >= 15 is 0 Å². The third-order valence-corrected chi connectivity index (χ3v) is 4.33. The molecule has 1 rings (SSSR count). The van der Waals surface area contributed by atoms with E-state index < -0.39 is 5.79 Å². The largest absolute Gasteiger partial charge is 0.463 e. The van der Waals surface area contributed by atoms with E-state index in [1.165, 1.54) is 32.1 Å². The van der Waals surface area contributed by atoms with Crippen LogP contribution in [0.1, 0.15) is 85.0 Å². The molecule has 1 saturated heterocycles. The van der Waals surface area contributed by atoms with Crippen molar-refractivity contribution in [2.75, 3.05) is 13.2 Å². The minimum atomic E-state index is -1.18. The number of rotatable bonds is 13. The summed E-state index contributed by atoms with van der Waals surface area (Å²) in [7, 11) is 0. The first kappa shape index (κ1) is 21.1. The zero-order valence-electron chi connectivity index (χ0n) is 15.6. The fourth-order valence-electron chi connectivity index (χ4n) is 2.81. The van der Waals surface area contributed by atoms with Gasteiger partial charge in [-0.25, -0.2) is 0 Å². The van der Waals surface area contributed by atoms with E-state index in [9.17, 15) is 9.59 Å². The van der Waals surface area contributed by atoms with Crippen LogP contribution in [-0.4, -0.2) is 36.9 Å². The SMILES string of the molecule is CCCCCCCCCC(=O)OCC1COC(C)(C(=O)CCC)O1. The molecular formula is C19H34O5. The molecule has 0 spiro atoms. The molecule has 0 aromatic rings. The van der Waals surface area contributed by atoms with E-state index in [4.69, 9.17) is 14.2 Å². The third kappa shape index (κ3) is 7.75. The fourth-order valence-corrected chi connectivity index (χ4v) is 2.81. The van der Waals surface area contributed by atoms with Crippen molar-refractivity contribution < 1.29 is 23.8 Å². The van der Waals surface area contributed by atoms with Gasteiger partial charge >= 0.3 is 5.97 Å². The van der Waals surface area contributed by atoms with Crippen molar-refractivity contribution in [3.05, 3.63) is 0 Å². The molecule has 0 bridgehead atoms. The topological polar surface area (TPSA) is 61.8 Å². The number of hydrogen-bond acceptors (Lipinski definition) is 5. The molecule has 24 heavy (non-hydrogen) atoms. The van der Waals surface area contributed by atoms with Crippen molar-refractivity contribution in [2.45, 2.75) is 96.9 Å². The zero-order chi connectivity index (χ0) is 17.8. The average Bonchev–Trinajstić information content (AvgIpc) is 2.95. The highest BCUT2D eigenvalue weighted by molar-refractivity contribution is 5.85. The highest BCUT2D eigenvalue weighted by atomic mass is 16.8. The van der Waals surface area contributed by atoms with E-state index in [-0.39, 0.29) is 31.1 Å². The molecular weight excluding hydrogens is 308 g/mol. The van der Waals surface area contributed by atoms with Gasteiger partial charge < -0.3 is 14.2 Å². The van der Waals surface area contributed by atoms with E-state index in [1.807, 2.05) is 6.92 Å². The molecule has 5 heteroatoms. The quantitative estimate of drug-likeness (QED) is 0.371. The van der Waals surface area contributed by atoms with Crippen molar-refractivity contribution in [1.29, 1.82) is 0 Å². The predicted octanol–water partition coefficient (Wildman–Crippen LogP) is 4.17. The van der Waals surface area contributed by atoms with Gasteiger partial charge in [0.1, 0.15) is 12.7 Å². The number of unbranched alkanes of at least 4 members (excludes halogenated alkanes) is 6. The fraction of sp³-hybridized carbons (Fsp3) is 0.895. The Morgan fingerprint density at radius 1 is 1.00 bits per heavy atom. The van der Waals surface area contributed by atoms with Crippen LogP contribution in [-0.2, 0) is 23.8 Å². The van der Waals surface area contributed by atoms with Gasteiger partial charge in [0.05, 0.1) is 6.61 Å². The molecule has 0 radical (unpaired) electrons. The second kappa shape index (κ2) is 11.6. The van der Waals surface area contributed by atoms with Crippen LogP contribution in [0.15, 0.2) is 0 Å². The molecule has 0 aromatic carbocycles. The molecule has 1 aliphatic rings. The average molecular weight is 342 g/mol. The van der Waals surface area contributed by atoms with Crippen LogP contribution >= 0.6 is 0 Å². The summed E-state index contributed by atoms with van der Waals surface area (Å²) >= 11 is 0. The van der Waals surface area contributed by atoms with Gasteiger partial charge in [-0.2, -0.15) is 0 Å². The maximum atomic E-state index is 12.0. The standard InChI is InChI=1S/C19H34O5/c1-4-6-7-8-9-10-11-13-18(21)22-14-16-15-23-19(3,24-16)17(20)12-5-2/h16H,4-15H2,1-3H3. The Morgan fingerprint density at radius 3 is 2.33 bits per heavy atom. The maximum absolute atomic E-state index is 12.0. The second-order valence-electron chi connectivity index (χ2n) is 6.72.